The average molecular weight is 336 g/mol. The van der Waals surface area contributed by atoms with Gasteiger partial charge in [-0.1, -0.05) is 18.0 Å². The summed E-state index contributed by atoms with van der Waals surface area (Å²) in [7, 11) is 1.64. The molecule has 1 aromatic rings. The van der Waals surface area contributed by atoms with E-state index in [2.05, 4.69) is 5.10 Å². The number of piperidine rings is 1. The first-order valence-electron chi connectivity index (χ1n) is 7.28. The van der Waals surface area contributed by atoms with Gasteiger partial charge in [0.1, 0.15) is 0 Å². The minimum absolute atomic E-state index is 0.0346. The van der Waals surface area contributed by atoms with E-state index in [4.69, 9.17) is 11.6 Å². The van der Waals surface area contributed by atoms with Crippen molar-refractivity contribution in [2.45, 2.75) is 31.9 Å². The predicted octanol–water partition coefficient (Wildman–Crippen LogP) is 3.27. The molecule has 2 aliphatic rings. The zero-order chi connectivity index (χ0) is 16.1. The predicted molar refractivity (Wildman–Crippen MR) is 74.6 cm³/mol. The molecule has 22 heavy (non-hydrogen) atoms. The first-order chi connectivity index (χ1) is 10.2. The molecule has 1 unspecified atom stereocenters. The number of hydrogen-bond acceptors (Lipinski definition) is 2. The van der Waals surface area contributed by atoms with Crippen LogP contribution < -0.4 is 0 Å². The molecule has 4 nitrogen and oxygen atoms in total. The quantitative estimate of drug-likeness (QED) is 0.790. The van der Waals surface area contributed by atoms with Crippen LogP contribution >= 0.6 is 11.6 Å². The Kier molecular flexibility index (Phi) is 3.66. The maximum Gasteiger partial charge on any atom is 0.392 e. The highest BCUT2D eigenvalue weighted by molar-refractivity contribution is 6.32. The van der Waals surface area contributed by atoms with Crippen molar-refractivity contribution in [1.29, 1.82) is 0 Å². The van der Waals surface area contributed by atoms with E-state index in [1.807, 2.05) is 0 Å². The molecule has 2 heterocycles. The number of nitrogens with zero attached hydrogens (tertiary/aromatic N) is 3. The molecule has 0 radical (unpaired) electrons. The van der Waals surface area contributed by atoms with Crippen molar-refractivity contribution < 1.29 is 18.0 Å². The van der Waals surface area contributed by atoms with Gasteiger partial charge >= 0.3 is 6.18 Å². The van der Waals surface area contributed by atoms with E-state index in [0.717, 1.165) is 6.42 Å². The second-order valence-corrected chi connectivity index (χ2v) is 6.69. The Labute approximate surface area is 131 Å². The molecule has 1 aliphatic carbocycles. The molecule has 8 heteroatoms. The molecule has 2 fully saturated rings. The van der Waals surface area contributed by atoms with E-state index in [0.29, 0.717) is 12.8 Å². The standard InChI is InChI=1S/C14H17ClF3N3O/c1-20-7-9(11(15)19-20)12(22)21-6-3-10(14(16,17)18)13(8-21)4-2-5-13/h7,10H,2-6,8H2,1H3. The lowest BCUT2D eigenvalue weighted by atomic mass is 9.58. The molecule has 0 aromatic carbocycles. The van der Waals surface area contributed by atoms with Gasteiger partial charge < -0.3 is 4.90 Å². The Hall–Kier alpha value is -1.24. The molecule has 0 bridgehead atoms. The van der Waals surface area contributed by atoms with Gasteiger partial charge in [0.05, 0.1) is 11.5 Å². The van der Waals surface area contributed by atoms with Crippen molar-refractivity contribution >= 4 is 17.5 Å². The Morgan fingerprint density at radius 2 is 2.14 bits per heavy atom. The van der Waals surface area contributed by atoms with Crippen molar-refractivity contribution in [2.75, 3.05) is 13.1 Å². The highest BCUT2D eigenvalue weighted by Crippen LogP contribution is 2.56. The fourth-order valence-corrected chi connectivity index (χ4v) is 4.01. The van der Waals surface area contributed by atoms with Gasteiger partial charge in [-0.2, -0.15) is 18.3 Å². The van der Waals surface area contributed by atoms with E-state index in [-0.39, 0.29) is 36.1 Å². The Morgan fingerprint density at radius 1 is 1.45 bits per heavy atom. The highest BCUT2D eigenvalue weighted by atomic mass is 35.5. The number of carbonyl (C=O) groups is 1. The molecule has 1 aliphatic heterocycles. The monoisotopic (exact) mass is 335 g/mol. The van der Waals surface area contributed by atoms with Gasteiger partial charge in [-0.15, -0.1) is 0 Å². The van der Waals surface area contributed by atoms with Gasteiger partial charge in [0.25, 0.3) is 5.91 Å². The third-order valence-corrected chi connectivity index (χ3v) is 5.26. The van der Waals surface area contributed by atoms with Crippen molar-refractivity contribution in [3.05, 3.63) is 16.9 Å². The summed E-state index contributed by atoms with van der Waals surface area (Å²) < 4.78 is 41.1. The lowest BCUT2D eigenvalue weighted by molar-refractivity contribution is -0.235. The summed E-state index contributed by atoms with van der Waals surface area (Å²) in [6.07, 6.45) is -0.867. The first-order valence-corrected chi connectivity index (χ1v) is 7.66. The van der Waals surface area contributed by atoms with Crippen LogP contribution in [-0.2, 0) is 7.05 Å². The molecule has 1 saturated carbocycles. The normalized spacial score (nSPS) is 24.4. The lowest BCUT2D eigenvalue weighted by Gasteiger charge is -2.54. The zero-order valence-corrected chi connectivity index (χ0v) is 12.9. The fourth-order valence-electron chi connectivity index (χ4n) is 3.76. The van der Waals surface area contributed by atoms with Gasteiger partial charge in [-0.05, 0) is 24.7 Å². The summed E-state index contributed by atoms with van der Waals surface area (Å²) in [5.41, 5.74) is -0.551. The van der Waals surface area contributed by atoms with Crippen LogP contribution in [-0.4, -0.2) is 39.9 Å². The number of hydrogen-bond donors (Lipinski definition) is 0. The number of halogens is 4. The summed E-state index contributed by atoms with van der Waals surface area (Å²) in [6.45, 7) is 0.261. The van der Waals surface area contributed by atoms with Crippen LogP contribution in [0, 0.1) is 11.3 Å². The first kappa shape index (κ1) is 15.6. The van der Waals surface area contributed by atoms with Crippen LogP contribution in [0.4, 0.5) is 13.2 Å². The Bertz CT molecular complexity index is 595. The SMILES string of the molecule is Cn1cc(C(=O)N2CCC(C(F)(F)F)C3(CCC3)C2)c(Cl)n1. The third kappa shape index (κ3) is 2.49. The van der Waals surface area contributed by atoms with Crippen LogP contribution in [0.3, 0.4) is 0 Å². The molecule has 1 amide bonds. The number of aryl methyl sites for hydroxylation is 1. The fraction of sp³-hybridized carbons (Fsp3) is 0.714. The molecular formula is C14H17ClF3N3O. The lowest BCUT2D eigenvalue weighted by Crippen LogP contribution is -2.57. The summed E-state index contributed by atoms with van der Waals surface area (Å²) in [4.78, 5) is 14.0. The van der Waals surface area contributed by atoms with Crippen molar-refractivity contribution in [3.8, 4) is 0 Å². The number of alkyl halides is 3. The number of carbonyl (C=O) groups excluding carboxylic acids is 1. The summed E-state index contributed by atoms with van der Waals surface area (Å²) in [5, 5.41) is 4.00. The molecule has 1 spiro atoms. The Morgan fingerprint density at radius 3 is 2.59 bits per heavy atom. The number of likely N-dealkylation sites (tertiary alicyclic amines) is 1. The average Bonchev–Trinajstić information content (AvgIpc) is 2.73. The van der Waals surface area contributed by atoms with Crippen molar-refractivity contribution in [1.82, 2.24) is 14.7 Å². The van der Waals surface area contributed by atoms with Gasteiger partial charge in [-0.25, -0.2) is 0 Å². The van der Waals surface area contributed by atoms with Gasteiger partial charge in [0.2, 0.25) is 0 Å². The van der Waals surface area contributed by atoms with Gasteiger partial charge in [0, 0.05) is 26.3 Å². The van der Waals surface area contributed by atoms with Crippen LogP contribution in [0.5, 0.6) is 0 Å². The van der Waals surface area contributed by atoms with Crippen LogP contribution in [0.2, 0.25) is 5.15 Å². The molecule has 1 saturated heterocycles. The molecule has 3 rings (SSSR count). The van der Waals surface area contributed by atoms with Crippen LogP contribution in [0.15, 0.2) is 6.20 Å². The molecule has 122 valence electrons. The second-order valence-electron chi connectivity index (χ2n) is 6.33. The van der Waals surface area contributed by atoms with E-state index in [1.165, 1.54) is 15.8 Å². The van der Waals surface area contributed by atoms with E-state index in [9.17, 15) is 18.0 Å². The van der Waals surface area contributed by atoms with Crippen LogP contribution in [0.25, 0.3) is 0 Å². The number of aromatic nitrogens is 2. The number of amides is 1. The maximum absolute atomic E-state index is 13.2. The largest absolute Gasteiger partial charge is 0.392 e. The Balaban J connectivity index is 1.81. The van der Waals surface area contributed by atoms with E-state index >= 15 is 0 Å². The zero-order valence-electron chi connectivity index (χ0n) is 12.2. The maximum atomic E-state index is 13.2. The summed E-state index contributed by atoms with van der Waals surface area (Å²) in [5.74, 6) is -1.63. The molecule has 1 aromatic heterocycles. The molecule has 1 atom stereocenters. The smallest absolute Gasteiger partial charge is 0.338 e. The van der Waals surface area contributed by atoms with Crippen molar-refractivity contribution in [3.63, 3.8) is 0 Å². The van der Waals surface area contributed by atoms with Gasteiger partial charge in [0.15, 0.2) is 5.15 Å². The van der Waals surface area contributed by atoms with E-state index < -0.39 is 17.5 Å². The minimum atomic E-state index is -4.19. The van der Waals surface area contributed by atoms with Crippen molar-refractivity contribution in [2.24, 2.45) is 18.4 Å². The topological polar surface area (TPSA) is 38.1 Å². The molecular weight excluding hydrogens is 319 g/mol. The third-order valence-electron chi connectivity index (χ3n) is 4.98. The van der Waals surface area contributed by atoms with Gasteiger partial charge in [-0.3, -0.25) is 9.48 Å². The van der Waals surface area contributed by atoms with E-state index in [1.54, 1.807) is 7.05 Å². The molecule has 0 N–H and O–H groups in total. The highest BCUT2D eigenvalue weighted by Gasteiger charge is 2.58. The minimum Gasteiger partial charge on any atom is -0.338 e. The summed E-state index contributed by atoms with van der Waals surface area (Å²) >= 11 is 5.92. The number of rotatable bonds is 1. The van der Waals surface area contributed by atoms with Crippen LogP contribution in [0.1, 0.15) is 36.0 Å². The second kappa shape index (κ2) is 5.15. The summed E-state index contributed by atoms with van der Waals surface area (Å²) in [6, 6.07) is 0.